The van der Waals surface area contributed by atoms with E-state index in [0.29, 0.717) is 43.8 Å². The Bertz CT molecular complexity index is 1110. The highest BCUT2D eigenvalue weighted by molar-refractivity contribution is 5.92. The van der Waals surface area contributed by atoms with Crippen LogP contribution in [0.5, 0.6) is 0 Å². The van der Waals surface area contributed by atoms with Gasteiger partial charge in [0.05, 0.1) is 17.1 Å². The number of carbonyl (C=O) groups is 1. The Balaban J connectivity index is 1.28. The van der Waals surface area contributed by atoms with Gasteiger partial charge in [0.1, 0.15) is 17.3 Å². The molecule has 4 bridgehead atoms. The smallest absolute Gasteiger partial charge is 0.417 e. The molecule has 9 nitrogen and oxygen atoms in total. The fraction of sp³-hybridized carbons (Fsp3) is 0.692. The molecule has 3 N–H and O–H groups in total. The normalized spacial score (nSPS) is 31.7. The molecular formula is C26H34F3N7O2. The second kappa shape index (κ2) is 9.59. The largest absolute Gasteiger partial charge is 0.443 e. The number of hydrogen-bond acceptors (Lipinski definition) is 7. The fourth-order valence-electron chi connectivity index (χ4n) is 7.40. The van der Waals surface area contributed by atoms with Crippen LogP contribution >= 0.6 is 0 Å². The lowest BCUT2D eigenvalue weighted by Crippen LogP contribution is -2.62. The number of hydrogen-bond donors (Lipinski definition) is 2. The predicted octanol–water partition coefficient (Wildman–Crippen LogP) is 3.51. The number of alkyl halides is 3. The lowest BCUT2D eigenvalue weighted by molar-refractivity contribution is -0.137. The van der Waals surface area contributed by atoms with E-state index >= 15 is 0 Å². The zero-order valence-corrected chi connectivity index (χ0v) is 21.7. The molecule has 6 rings (SSSR count). The summed E-state index contributed by atoms with van der Waals surface area (Å²) in [6.07, 6.45) is 2.24. The molecule has 0 radical (unpaired) electrons. The molecule has 5 aliphatic rings. The highest BCUT2D eigenvalue weighted by atomic mass is 19.4. The summed E-state index contributed by atoms with van der Waals surface area (Å²) in [5.74, 6) is 2.18. The minimum atomic E-state index is -4.41. The van der Waals surface area contributed by atoms with Crippen LogP contribution in [0.4, 0.5) is 23.8 Å². The number of nitrogens with two attached hydrogens (primary N) is 1. The molecule has 1 saturated heterocycles. The third-order valence-electron chi connectivity index (χ3n) is 8.99. The highest BCUT2D eigenvalue weighted by Crippen LogP contribution is 2.58. The number of piperazine rings is 1. The van der Waals surface area contributed by atoms with Crippen LogP contribution in [0, 0.1) is 29.2 Å². The summed E-state index contributed by atoms with van der Waals surface area (Å²) in [7, 11) is 0. The Morgan fingerprint density at radius 3 is 2.37 bits per heavy atom. The number of aromatic nitrogens is 1. The maximum atomic E-state index is 12.9. The summed E-state index contributed by atoms with van der Waals surface area (Å²) in [6.45, 7) is 6.52. The molecule has 2 atom stereocenters. The lowest BCUT2D eigenvalue weighted by Gasteiger charge is -2.58. The van der Waals surface area contributed by atoms with Gasteiger partial charge in [-0.05, 0) is 75.8 Å². The summed E-state index contributed by atoms with van der Waals surface area (Å²) < 4.78 is 44.3. The van der Waals surface area contributed by atoms with Gasteiger partial charge in [0.25, 0.3) is 0 Å². The number of nitrogens with zero attached hydrogens (tertiary/aromatic N) is 5. The summed E-state index contributed by atoms with van der Waals surface area (Å²) in [5, 5.41) is 12.4. The third kappa shape index (κ3) is 5.00. The number of nitrogens with one attached hydrogen (secondary N) is 1. The van der Waals surface area contributed by atoms with Gasteiger partial charge in [-0.1, -0.05) is 0 Å². The number of nitriles is 1. The SMILES string of the molecule is CC(C)(C(=NC1C2CC3CC1CC(OC(N)=O)(C3)C2)NC#N)N1CCN(c2ccc(C(F)(F)F)cn2)CC1. The van der Waals surface area contributed by atoms with Crippen LogP contribution in [-0.2, 0) is 10.9 Å². The van der Waals surface area contributed by atoms with Gasteiger partial charge in [0, 0.05) is 32.4 Å². The average Bonchev–Trinajstić information content (AvgIpc) is 2.84. The number of ether oxygens (including phenoxy) is 1. The molecule has 1 aromatic heterocycles. The van der Waals surface area contributed by atoms with Gasteiger partial charge in [0.2, 0.25) is 0 Å². The summed E-state index contributed by atoms with van der Waals surface area (Å²) >= 11 is 0. The van der Waals surface area contributed by atoms with Gasteiger partial charge in [-0.3, -0.25) is 15.2 Å². The Kier molecular flexibility index (Phi) is 6.70. The molecule has 206 valence electrons. The fourth-order valence-corrected chi connectivity index (χ4v) is 7.40. The van der Waals surface area contributed by atoms with Gasteiger partial charge in [0.15, 0.2) is 6.19 Å². The van der Waals surface area contributed by atoms with E-state index in [-0.39, 0.29) is 17.9 Å². The molecule has 1 aliphatic heterocycles. The van der Waals surface area contributed by atoms with Crippen LogP contribution in [0.1, 0.15) is 51.5 Å². The number of aliphatic imine (C=N–C) groups is 1. The van der Waals surface area contributed by atoms with E-state index in [4.69, 9.17) is 15.5 Å². The zero-order chi connectivity index (χ0) is 27.3. The molecule has 0 spiro atoms. The molecule has 1 aromatic rings. The van der Waals surface area contributed by atoms with Crippen LogP contribution in [-0.4, -0.2) is 65.2 Å². The van der Waals surface area contributed by atoms with Gasteiger partial charge < -0.3 is 15.4 Å². The molecule has 4 saturated carbocycles. The zero-order valence-electron chi connectivity index (χ0n) is 21.7. The van der Waals surface area contributed by atoms with Crippen molar-refractivity contribution in [2.24, 2.45) is 28.5 Å². The number of halogens is 3. The average molecular weight is 534 g/mol. The maximum absolute atomic E-state index is 12.9. The standard InChI is InChI=1S/C26H34F3N7O2/c1-24(2,36-7-5-35(6-8-36)20-4-3-19(14-32-20)26(27,28)29)22(33-15-30)34-21-17-9-16-10-18(21)13-25(11-16,12-17)38-23(31)37/h3-4,14,16-18,21H,5-13H2,1-2H3,(H2,31,37)(H,33,34). The second-order valence-electron chi connectivity index (χ2n) is 11.7. The summed E-state index contributed by atoms with van der Waals surface area (Å²) in [6, 6.07) is 2.52. The molecule has 1 amide bonds. The van der Waals surface area contributed by atoms with Crippen molar-refractivity contribution in [1.82, 2.24) is 15.2 Å². The van der Waals surface area contributed by atoms with Gasteiger partial charge in [-0.25, -0.2) is 9.78 Å². The topological polar surface area (TPSA) is 120 Å². The number of primary amides is 1. The summed E-state index contributed by atoms with van der Waals surface area (Å²) in [5.41, 5.74) is 3.58. The maximum Gasteiger partial charge on any atom is 0.417 e. The lowest BCUT2D eigenvalue weighted by atomic mass is 9.52. The van der Waals surface area contributed by atoms with Crippen LogP contribution in [0.3, 0.4) is 0 Å². The van der Waals surface area contributed by atoms with Crippen molar-refractivity contribution in [1.29, 1.82) is 5.26 Å². The van der Waals surface area contributed by atoms with E-state index < -0.39 is 29.0 Å². The summed E-state index contributed by atoms with van der Waals surface area (Å²) in [4.78, 5) is 25.0. The van der Waals surface area contributed by atoms with E-state index in [2.05, 4.69) is 21.4 Å². The number of pyridine rings is 1. The molecular weight excluding hydrogens is 499 g/mol. The van der Waals surface area contributed by atoms with Crippen molar-refractivity contribution in [3.8, 4) is 6.19 Å². The van der Waals surface area contributed by atoms with E-state index in [1.54, 1.807) is 0 Å². The Morgan fingerprint density at radius 1 is 1.18 bits per heavy atom. The van der Waals surface area contributed by atoms with Crippen molar-refractivity contribution in [2.45, 2.75) is 69.3 Å². The third-order valence-corrected chi connectivity index (χ3v) is 8.99. The predicted molar refractivity (Wildman–Crippen MR) is 134 cm³/mol. The number of rotatable bonds is 5. The van der Waals surface area contributed by atoms with Gasteiger partial charge in [-0.15, -0.1) is 0 Å². The number of amidine groups is 1. The Labute approximate surface area is 220 Å². The monoisotopic (exact) mass is 533 g/mol. The van der Waals surface area contributed by atoms with Crippen molar-refractivity contribution in [3.05, 3.63) is 23.9 Å². The molecule has 0 aromatic carbocycles. The van der Waals surface area contributed by atoms with Crippen molar-refractivity contribution >= 4 is 17.7 Å². The minimum absolute atomic E-state index is 0.0453. The van der Waals surface area contributed by atoms with Crippen molar-refractivity contribution in [2.75, 3.05) is 31.1 Å². The number of amides is 1. The first-order valence-electron chi connectivity index (χ1n) is 13.2. The van der Waals surface area contributed by atoms with E-state index in [1.807, 2.05) is 18.7 Å². The minimum Gasteiger partial charge on any atom is -0.443 e. The van der Waals surface area contributed by atoms with Crippen LogP contribution < -0.4 is 16.0 Å². The second-order valence-corrected chi connectivity index (χ2v) is 11.7. The Hall–Kier alpha value is -3.07. The number of anilines is 1. The van der Waals surface area contributed by atoms with Gasteiger partial charge in [-0.2, -0.15) is 18.4 Å². The molecule has 2 heterocycles. The molecule has 5 fully saturated rings. The first-order valence-corrected chi connectivity index (χ1v) is 13.2. The van der Waals surface area contributed by atoms with Crippen molar-refractivity contribution < 1.29 is 22.7 Å². The Morgan fingerprint density at radius 2 is 1.84 bits per heavy atom. The quantitative estimate of drug-likeness (QED) is 0.257. The first-order chi connectivity index (χ1) is 17.9. The first kappa shape index (κ1) is 26.5. The number of carbonyl (C=O) groups excluding carboxylic acids is 1. The van der Waals surface area contributed by atoms with E-state index in [9.17, 15) is 23.2 Å². The molecule has 2 unspecified atom stereocenters. The van der Waals surface area contributed by atoms with E-state index in [1.165, 1.54) is 6.07 Å². The molecule has 38 heavy (non-hydrogen) atoms. The van der Waals surface area contributed by atoms with Crippen LogP contribution in [0.15, 0.2) is 23.3 Å². The molecule has 12 heteroatoms. The van der Waals surface area contributed by atoms with E-state index in [0.717, 1.165) is 44.4 Å². The van der Waals surface area contributed by atoms with Crippen LogP contribution in [0.25, 0.3) is 0 Å². The highest BCUT2D eigenvalue weighted by Gasteiger charge is 2.57. The van der Waals surface area contributed by atoms with Gasteiger partial charge >= 0.3 is 12.3 Å². The van der Waals surface area contributed by atoms with Crippen molar-refractivity contribution in [3.63, 3.8) is 0 Å². The van der Waals surface area contributed by atoms with Crippen LogP contribution in [0.2, 0.25) is 0 Å². The molecule has 4 aliphatic carbocycles.